The van der Waals surface area contributed by atoms with Gasteiger partial charge in [-0.3, -0.25) is 4.79 Å². The minimum Gasteiger partial charge on any atom is -0.489 e. The van der Waals surface area contributed by atoms with Gasteiger partial charge >= 0.3 is 0 Å². The molecule has 0 aliphatic heterocycles. The van der Waals surface area contributed by atoms with Gasteiger partial charge in [-0.05, 0) is 56.3 Å². The summed E-state index contributed by atoms with van der Waals surface area (Å²) >= 11 is 3.18. The maximum atomic E-state index is 13.8. The van der Waals surface area contributed by atoms with Gasteiger partial charge in [-0.25, -0.2) is 4.39 Å². The number of carbonyl (C=O) groups is 1. The Morgan fingerprint density at radius 1 is 1.23 bits per heavy atom. The zero-order chi connectivity index (χ0) is 18.7. The van der Waals surface area contributed by atoms with Crippen molar-refractivity contribution in [2.45, 2.75) is 20.5 Å². The molecule has 0 bridgehead atoms. The van der Waals surface area contributed by atoms with Crippen LogP contribution in [0.1, 0.15) is 27.4 Å². The molecule has 1 N–H and O–H groups in total. The van der Waals surface area contributed by atoms with Crippen molar-refractivity contribution in [2.24, 2.45) is 0 Å². The number of halogens is 2. The minimum atomic E-state index is -0.507. The predicted octanol–water partition coefficient (Wildman–Crippen LogP) is 5.02. The van der Waals surface area contributed by atoms with E-state index < -0.39 is 11.7 Å². The van der Waals surface area contributed by atoms with Crippen LogP contribution in [0.25, 0.3) is 0 Å². The quantitative estimate of drug-likeness (QED) is 0.631. The van der Waals surface area contributed by atoms with Gasteiger partial charge in [-0.1, -0.05) is 21.1 Å². The fourth-order valence-electron chi connectivity index (χ4n) is 2.35. The molecule has 1 aromatic heterocycles. The lowest BCUT2D eigenvalue weighted by atomic mass is 10.2. The van der Waals surface area contributed by atoms with E-state index in [1.165, 1.54) is 12.1 Å². The molecule has 0 aliphatic carbocycles. The number of anilines is 1. The average Bonchev–Trinajstić information content (AvgIpc) is 2.94. The fourth-order valence-corrected chi connectivity index (χ4v) is 2.68. The van der Waals surface area contributed by atoms with Gasteiger partial charge in [0.2, 0.25) is 0 Å². The molecule has 0 saturated heterocycles. The summed E-state index contributed by atoms with van der Waals surface area (Å²) in [6, 6.07) is 11.1. The highest BCUT2D eigenvalue weighted by Gasteiger charge is 2.12. The summed E-state index contributed by atoms with van der Waals surface area (Å²) in [5.74, 6) is 0.419. The number of benzene rings is 2. The summed E-state index contributed by atoms with van der Waals surface area (Å²) in [5.41, 5.74) is 2.21. The highest BCUT2D eigenvalue weighted by atomic mass is 79.9. The van der Waals surface area contributed by atoms with Crippen molar-refractivity contribution in [3.8, 4) is 5.75 Å². The van der Waals surface area contributed by atoms with Crippen LogP contribution in [-0.4, -0.2) is 11.1 Å². The Morgan fingerprint density at radius 2 is 1.96 bits per heavy atom. The molecule has 0 fully saturated rings. The van der Waals surface area contributed by atoms with Crippen LogP contribution in [0.5, 0.6) is 5.75 Å². The van der Waals surface area contributed by atoms with Crippen LogP contribution in [0.2, 0.25) is 0 Å². The topological polar surface area (TPSA) is 64.4 Å². The van der Waals surface area contributed by atoms with Gasteiger partial charge in [-0.15, -0.1) is 0 Å². The van der Waals surface area contributed by atoms with E-state index >= 15 is 0 Å². The second-order valence-corrected chi connectivity index (χ2v) is 6.61. The number of aromatic nitrogens is 1. The number of nitrogens with zero attached hydrogens (tertiary/aromatic N) is 1. The number of ether oxygens (including phenoxy) is 1. The Bertz CT molecular complexity index is 919. The van der Waals surface area contributed by atoms with E-state index in [9.17, 15) is 9.18 Å². The Balaban J connectivity index is 1.64. The van der Waals surface area contributed by atoms with E-state index in [2.05, 4.69) is 26.4 Å². The Morgan fingerprint density at radius 3 is 2.58 bits per heavy atom. The second-order valence-electron chi connectivity index (χ2n) is 5.69. The third-order valence-corrected chi connectivity index (χ3v) is 4.35. The van der Waals surface area contributed by atoms with Crippen LogP contribution in [0.4, 0.5) is 10.1 Å². The lowest BCUT2D eigenvalue weighted by Crippen LogP contribution is -2.12. The number of nitrogens with one attached hydrogen (secondary N) is 1. The zero-order valence-corrected chi connectivity index (χ0v) is 15.8. The SMILES string of the molecule is Cc1noc(C)c1COc1ccc(C(=O)Nc2ccc(Br)cc2F)cc1. The summed E-state index contributed by atoms with van der Waals surface area (Å²) in [5, 5.41) is 6.42. The predicted molar refractivity (Wildman–Crippen MR) is 98.8 cm³/mol. The fraction of sp³-hybridized carbons (Fsp3) is 0.158. The van der Waals surface area contributed by atoms with E-state index in [4.69, 9.17) is 9.26 Å². The van der Waals surface area contributed by atoms with Gasteiger partial charge in [0, 0.05) is 10.0 Å². The van der Waals surface area contributed by atoms with Crippen molar-refractivity contribution in [1.29, 1.82) is 0 Å². The van der Waals surface area contributed by atoms with Crippen LogP contribution in [0.3, 0.4) is 0 Å². The minimum absolute atomic E-state index is 0.122. The molecule has 1 heterocycles. The van der Waals surface area contributed by atoms with E-state index in [-0.39, 0.29) is 5.69 Å². The largest absolute Gasteiger partial charge is 0.489 e. The van der Waals surface area contributed by atoms with Gasteiger partial charge in [0.1, 0.15) is 23.9 Å². The van der Waals surface area contributed by atoms with Crippen LogP contribution < -0.4 is 10.1 Å². The molecular weight excluding hydrogens is 403 g/mol. The molecular formula is C19H16BrFN2O3. The van der Waals surface area contributed by atoms with Gasteiger partial charge in [0.25, 0.3) is 5.91 Å². The van der Waals surface area contributed by atoms with Gasteiger partial charge in [-0.2, -0.15) is 0 Å². The molecule has 7 heteroatoms. The summed E-state index contributed by atoms with van der Waals surface area (Å²) in [6.07, 6.45) is 0. The first-order chi connectivity index (χ1) is 12.4. The van der Waals surface area contributed by atoms with Gasteiger partial charge in [0.15, 0.2) is 0 Å². The third-order valence-electron chi connectivity index (χ3n) is 3.86. The normalized spacial score (nSPS) is 10.6. The molecule has 3 rings (SSSR count). The molecule has 0 unspecified atom stereocenters. The molecule has 0 aliphatic rings. The van der Waals surface area contributed by atoms with Crippen molar-refractivity contribution >= 4 is 27.5 Å². The van der Waals surface area contributed by atoms with Crippen molar-refractivity contribution in [2.75, 3.05) is 5.32 Å². The zero-order valence-electron chi connectivity index (χ0n) is 14.2. The molecule has 2 aromatic carbocycles. The summed E-state index contributed by atoms with van der Waals surface area (Å²) in [4.78, 5) is 12.2. The number of hydrogen-bond acceptors (Lipinski definition) is 4. The van der Waals surface area contributed by atoms with E-state index in [0.29, 0.717) is 22.4 Å². The van der Waals surface area contributed by atoms with Crippen LogP contribution in [0.15, 0.2) is 51.5 Å². The van der Waals surface area contributed by atoms with Crippen molar-refractivity contribution in [3.63, 3.8) is 0 Å². The standard InChI is InChI=1S/C19H16BrFN2O3/c1-11-16(12(2)26-23-11)10-25-15-6-3-13(4-7-15)19(24)22-18-8-5-14(20)9-17(18)21/h3-9H,10H2,1-2H3,(H,22,24). The van der Waals surface area contributed by atoms with E-state index in [1.54, 1.807) is 30.3 Å². The van der Waals surface area contributed by atoms with Crippen LogP contribution >= 0.6 is 15.9 Å². The number of carbonyl (C=O) groups excluding carboxylic acids is 1. The summed E-state index contributed by atoms with van der Waals surface area (Å²) in [7, 11) is 0. The molecule has 26 heavy (non-hydrogen) atoms. The number of amides is 1. The number of aryl methyl sites for hydroxylation is 2. The Hall–Kier alpha value is -2.67. The first kappa shape index (κ1) is 18.1. The van der Waals surface area contributed by atoms with E-state index in [0.717, 1.165) is 17.0 Å². The third kappa shape index (κ3) is 4.11. The van der Waals surface area contributed by atoms with Crippen molar-refractivity contribution < 1.29 is 18.4 Å². The lowest BCUT2D eigenvalue weighted by molar-refractivity contribution is 0.102. The molecule has 134 valence electrons. The number of hydrogen-bond donors (Lipinski definition) is 1. The van der Waals surface area contributed by atoms with Crippen molar-refractivity contribution in [3.05, 3.63) is 75.3 Å². The molecule has 0 saturated carbocycles. The Labute approximate surface area is 158 Å². The van der Waals surface area contributed by atoms with Gasteiger partial charge < -0.3 is 14.6 Å². The molecule has 0 spiro atoms. The molecule has 0 radical (unpaired) electrons. The molecule has 1 amide bonds. The van der Waals surface area contributed by atoms with Gasteiger partial charge in [0.05, 0.1) is 16.9 Å². The highest BCUT2D eigenvalue weighted by molar-refractivity contribution is 9.10. The summed E-state index contributed by atoms with van der Waals surface area (Å²) < 4.78 is 25.2. The first-order valence-electron chi connectivity index (χ1n) is 7.85. The van der Waals surface area contributed by atoms with Crippen LogP contribution in [0, 0.1) is 19.7 Å². The summed E-state index contributed by atoms with van der Waals surface area (Å²) in [6.45, 7) is 4.01. The maximum absolute atomic E-state index is 13.8. The number of rotatable bonds is 5. The monoisotopic (exact) mass is 418 g/mol. The van der Waals surface area contributed by atoms with E-state index in [1.807, 2.05) is 13.8 Å². The Kier molecular flexibility index (Phi) is 5.37. The smallest absolute Gasteiger partial charge is 0.255 e. The molecule has 3 aromatic rings. The second kappa shape index (κ2) is 7.70. The highest BCUT2D eigenvalue weighted by Crippen LogP contribution is 2.21. The maximum Gasteiger partial charge on any atom is 0.255 e. The van der Waals surface area contributed by atoms with Crippen LogP contribution in [-0.2, 0) is 6.61 Å². The molecule has 5 nitrogen and oxygen atoms in total. The lowest BCUT2D eigenvalue weighted by Gasteiger charge is -2.09. The van der Waals surface area contributed by atoms with Crippen molar-refractivity contribution in [1.82, 2.24) is 5.16 Å². The first-order valence-corrected chi connectivity index (χ1v) is 8.64. The molecule has 0 atom stereocenters. The average molecular weight is 419 g/mol.